The quantitative estimate of drug-likeness (QED) is 0.804. The minimum Gasteiger partial charge on any atom is -0.490 e. The first-order chi connectivity index (χ1) is 11.1. The van der Waals surface area contributed by atoms with Crippen LogP contribution >= 0.6 is 0 Å². The molecule has 0 saturated carbocycles. The molecule has 1 N–H and O–H groups in total. The number of hydrogen-bond donors (Lipinski definition) is 1. The maximum atomic E-state index is 12.7. The van der Waals surface area contributed by atoms with Crippen LogP contribution in [-0.2, 0) is 0 Å². The second-order valence-electron chi connectivity index (χ2n) is 5.17. The van der Waals surface area contributed by atoms with Crippen LogP contribution in [0.4, 0.5) is 5.82 Å². The molecule has 0 bridgehead atoms. The molecule has 0 unspecified atom stereocenters. The van der Waals surface area contributed by atoms with E-state index in [4.69, 9.17) is 4.74 Å². The number of rotatable bonds is 4. The van der Waals surface area contributed by atoms with Crippen LogP contribution in [0, 0.1) is 13.8 Å². The van der Waals surface area contributed by atoms with Gasteiger partial charge in [-0.25, -0.2) is 9.97 Å². The number of carbonyl (C=O) groups is 1. The van der Waals surface area contributed by atoms with Crippen LogP contribution < -0.4 is 10.1 Å². The van der Waals surface area contributed by atoms with Gasteiger partial charge in [0, 0.05) is 12.4 Å². The van der Waals surface area contributed by atoms with Gasteiger partial charge < -0.3 is 10.1 Å². The third-order valence-corrected chi connectivity index (χ3v) is 3.54. The first kappa shape index (κ1) is 15.0. The minimum absolute atomic E-state index is 0.245. The molecule has 3 aromatic heterocycles. The summed E-state index contributed by atoms with van der Waals surface area (Å²) >= 11 is 0. The normalized spacial score (nSPS) is 10.7. The molecule has 0 aliphatic carbocycles. The van der Waals surface area contributed by atoms with Crippen LogP contribution in [0.3, 0.4) is 0 Å². The second kappa shape index (κ2) is 6.08. The summed E-state index contributed by atoms with van der Waals surface area (Å²) in [4.78, 5) is 21.4. The van der Waals surface area contributed by atoms with Crippen molar-refractivity contribution >= 4 is 17.4 Å². The first-order valence-corrected chi connectivity index (χ1v) is 7.45. The summed E-state index contributed by atoms with van der Waals surface area (Å²) in [5.41, 5.74) is 2.66. The molecule has 3 heterocycles. The molecule has 6 nitrogen and oxygen atoms in total. The van der Waals surface area contributed by atoms with Crippen molar-refractivity contribution in [3.8, 4) is 5.75 Å². The van der Waals surface area contributed by atoms with Crippen LogP contribution in [-0.4, -0.2) is 26.9 Å². The Labute approximate surface area is 134 Å². The van der Waals surface area contributed by atoms with E-state index in [1.54, 1.807) is 16.8 Å². The molecule has 3 rings (SSSR count). The van der Waals surface area contributed by atoms with E-state index in [0.29, 0.717) is 35.2 Å². The average Bonchev–Trinajstić information content (AvgIpc) is 2.87. The molecule has 0 fully saturated rings. The van der Waals surface area contributed by atoms with E-state index < -0.39 is 0 Å². The lowest BCUT2D eigenvalue weighted by Crippen LogP contribution is -2.17. The van der Waals surface area contributed by atoms with Crippen molar-refractivity contribution in [2.45, 2.75) is 20.8 Å². The molecule has 0 aromatic carbocycles. The number of nitrogens with one attached hydrogen (secondary N) is 1. The van der Waals surface area contributed by atoms with Gasteiger partial charge in [-0.15, -0.1) is 0 Å². The van der Waals surface area contributed by atoms with Crippen molar-refractivity contribution in [1.82, 2.24) is 14.4 Å². The lowest BCUT2D eigenvalue weighted by atomic mass is 10.2. The van der Waals surface area contributed by atoms with E-state index >= 15 is 0 Å². The van der Waals surface area contributed by atoms with Crippen LogP contribution in [0.1, 0.15) is 28.7 Å². The Bertz CT molecular complexity index is 870. The Morgan fingerprint density at radius 1 is 1.30 bits per heavy atom. The van der Waals surface area contributed by atoms with E-state index in [1.165, 1.54) is 0 Å². The third-order valence-electron chi connectivity index (χ3n) is 3.54. The summed E-state index contributed by atoms with van der Waals surface area (Å²) in [6.45, 7) is 6.16. The zero-order valence-corrected chi connectivity index (χ0v) is 13.3. The molecular weight excluding hydrogens is 292 g/mol. The molecule has 0 atom stereocenters. The van der Waals surface area contributed by atoms with Gasteiger partial charge in [0.15, 0.2) is 11.4 Å². The Kier molecular flexibility index (Phi) is 3.97. The fourth-order valence-corrected chi connectivity index (χ4v) is 2.48. The molecule has 3 aromatic rings. The van der Waals surface area contributed by atoms with Gasteiger partial charge in [0.1, 0.15) is 11.5 Å². The maximum absolute atomic E-state index is 12.7. The minimum atomic E-state index is -0.245. The first-order valence-electron chi connectivity index (χ1n) is 7.45. The molecule has 6 heteroatoms. The van der Waals surface area contributed by atoms with Gasteiger partial charge in [-0.1, -0.05) is 6.07 Å². The summed E-state index contributed by atoms with van der Waals surface area (Å²) < 4.78 is 7.32. The SMILES string of the molecule is CCOc1cccn2c(C(=O)Nc3ncccc3C)c(C)nc12. The number of nitrogens with zero attached hydrogens (tertiary/aromatic N) is 3. The van der Waals surface area contributed by atoms with Crippen LogP contribution in [0.5, 0.6) is 5.75 Å². The maximum Gasteiger partial charge on any atom is 0.275 e. The van der Waals surface area contributed by atoms with Gasteiger partial charge in [-0.05, 0) is 44.5 Å². The fraction of sp³-hybridized carbons (Fsp3) is 0.235. The molecule has 0 radical (unpaired) electrons. The van der Waals surface area contributed by atoms with Crippen molar-refractivity contribution in [1.29, 1.82) is 0 Å². The number of fused-ring (bicyclic) bond motifs is 1. The summed E-state index contributed by atoms with van der Waals surface area (Å²) in [6.07, 6.45) is 3.45. The predicted molar refractivity (Wildman–Crippen MR) is 88.0 cm³/mol. The number of carbonyl (C=O) groups excluding carboxylic acids is 1. The van der Waals surface area contributed by atoms with Crippen molar-refractivity contribution in [2.24, 2.45) is 0 Å². The number of aromatic nitrogens is 3. The van der Waals surface area contributed by atoms with Gasteiger partial charge in [0.05, 0.1) is 12.3 Å². The van der Waals surface area contributed by atoms with E-state index in [2.05, 4.69) is 15.3 Å². The average molecular weight is 310 g/mol. The predicted octanol–water partition coefficient (Wildman–Crippen LogP) is 3.00. The molecule has 23 heavy (non-hydrogen) atoms. The molecule has 0 aliphatic heterocycles. The van der Waals surface area contributed by atoms with Gasteiger partial charge >= 0.3 is 0 Å². The number of amides is 1. The van der Waals surface area contributed by atoms with E-state index in [1.807, 2.05) is 45.0 Å². The highest BCUT2D eigenvalue weighted by atomic mass is 16.5. The van der Waals surface area contributed by atoms with Crippen molar-refractivity contribution in [3.63, 3.8) is 0 Å². The van der Waals surface area contributed by atoms with Crippen molar-refractivity contribution < 1.29 is 9.53 Å². The molecule has 118 valence electrons. The van der Waals surface area contributed by atoms with Gasteiger partial charge in [0.2, 0.25) is 0 Å². The molecular formula is C17H18N4O2. The standard InChI is InChI=1S/C17H18N4O2/c1-4-23-13-8-6-10-21-14(12(3)19-16(13)21)17(22)20-15-11(2)7-5-9-18-15/h5-10H,4H2,1-3H3,(H,18,20,22). The number of ether oxygens (including phenoxy) is 1. The van der Waals surface area contributed by atoms with Crippen LogP contribution in [0.25, 0.3) is 5.65 Å². The van der Waals surface area contributed by atoms with Gasteiger partial charge in [-0.2, -0.15) is 0 Å². The number of anilines is 1. The number of hydrogen-bond acceptors (Lipinski definition) is 4. The van der Waals surface area contributed by atoms with Gasteiger partial charge in [0.25, 0.3) is 5.91 Å². The topological polar surface area (TPSA) is 68.5 Å². The summed E-state index contributed by atoms with van der Waals surface area (Å²) in [6, 6.07) is 7.41. The molecule has 1 amide bonds. The summed E-state index contributed by atoms with van der Waals surface area (Å²) in [7, 11) is 0. The monoisotopic (exact) mass is 310 g/mol. The Hall–Kier alpha value is -2.89. The molecule has 0 spiro atoms. The molecule has 0 saturated heterocycles. The van der Waals surface area contributed by atoms with Crippen LogP contribution in [0.15, 0.2) is 36.7 Å². The zero-order valence-electron chi connectivity index (χ0n) is 13.3. The highest BCUT2D eigenvalue weighted by molar-refractivity contribution is 6.04. The lowest BCUT2D eigenvalue weighted by molar-refractivity contribution is 0.102. The highest BCUT2D eigenvalue weighted by Gasteiger charge is 2.19. The highest BCUT2D eigenvalue weighted by Crippen LogP contribution is 2.23. The Morgan fingerprint density at radius 2 is 2.13 bits per heavy atom. The van der Waals surface area contributed by atoms with E-state index in [0.717, 1.165) is 5.56 Å². The fourth-order valence-electron chi connectivity index (χ4n) is 2.48. The Morgan fingerprint density at radius 3 is 2.87 bits per heavy atom. The summed E-state index contributed by atoms with van der Waals surface area (Å²) in [5, 5.41) is 2.85. The number of aryl methyl sites for hydroxylation is 2. The van der Waals surface area contributed by atoms with E-state index in [-0.39, 0.29) is 5.91 Å². The van der Waals surface area contributed by atoms with E-state index in [9.17, 15) is 4.79 Å². The number of imidazole rings is 1. The lowest BCUT2D eigenvalue weighted by Gasteiger charge is -2.08. The van der Waals surface area contributed by atoms with Crippen LogP contribution in [0.2, 0.25) is 0 Å². The number of pyridine rings is 2. The largest absolute Gasteiger partial charge is 0.490 e. The Balaban J connectivity index is 2.02. The van der Waals surface area contributed by atoms with Gasteiger partial charge in [-0.3, -0.25) is 9.20 Å². The van der Waals surface area contributed by atoms with Crippen molar-refractivity contribution in [2.75, 3.05) is 11.9 Å². The third kappa shape index (κ3) is 2.75. The van der Waals surface area contributed by atoms with Crippen molar-refractivity contribution in [3.05, 3.63) is 53.6 Å². The molecule has 0 aliphatic rings. The zero-order chi connectivity index (χ0) is 16.4. The summed E-state index contributed by atoms with van der Waals surface area (Å²) in [5.74, 6) is 0.962. The second-order valence-corrected chi connectivity index (χ2v) is 5.17. The smallest absolute Gasteiger partial charge is 0.275 e.